The molecule has 0 saturated heterocycles. The number of nitriles is 2. The molecule has 1 rings (SSSR count). The first kappa shape index (κ1) is 14.5. The first-order chi connectivity index (χ1) is 8.79. The summed E-state index contributed by atoms with van der Waals surface area (Å²) >= 11 is 0. The molecule has 0 fully saturated rings. The number of anilines is 1. The number of aryl methyl sites for hydroxylation is 1. The van der Waals surface area contributed by atoms with Crippen LogP contribution in [0.2, 0.25) is 0 Å². The molecular formula is C11H9N3O4S. The molecule has 0 atom stereocenters. The smallest absolute Gasteiger partial charge is 0.298 e. The van der Waals surface area contributed by atoms with Gasteiger partial charge in [0.05, 0.1) is 5.69 Å². The highest BCUT2D eigenvalue weighted by molar-refractivity contribution is 7.86. The second-order valence-electron chi connectivity index (χ2n) is 3.56. The summed E-state index contributed by atoms with van der Waals surface area (Å²) in [7, 11) is -4.57. The van der Waals surface area contributed by atoms with Gasteiger partial charge in [0.25, 0.3) is 10.1 Å². The predicted molar refractivity (Wildman–Crippen MR) is 65.6 cm³/mol. The van der Waals surface area contributed by atoms with E-state index in [-0.39, 0.29) is 11.3 Å². The van der Waals surface area contributed by atoms with Crippen LogP contribution in [0, 0.1) is 29.6 Å². The van der Waals surface area contributed by atoms with Crippen molar-refractivity contribution in [2.24, 2.45) is 0 Å². The molecule has 0 amide bonds. The van der Waals surface area contributed by atoms with E-state index < -0.39 is 20.8 Å². The van der Waals surface area contributed by atoms with E-state index in [1.54, 1.807) is 19.1 Å². The minimum Gasteiger partial charge on any atom is -0.504 e. The Morgan fingerprint density at radius 1 is 1.37 bits per heavy atom. The Hall–Kier alpha value is -2.55. The Kier molecular flexibility index (Phi) is 4.12. The van der Waals surface area contributed by atoms with E-state index in [1.807, 2.05) is 0 Å². The van der Waals surface area contributed by atoms with Crippen molar-refractivity contribution in [3.05, 3.63) is 29.5 Å². The van der Waals surface area contributed by atoms with Gasteiger partial charge < -0.3 is 10.4 Å². The summed E-state index contributed by atoms with van der Waals surface area (Å²) in [5.41, 5.74) is 0.154. The summed E-state index contributed by atoms with van der Waals surface area (Å²) in [5, 5.41) is 29.2. The van der Waals surface area contributed by atoms with Crippen LogP contribution in [-0.4, -0.2) is 18.1 Å². The van der Waals surface area contributed by atoms with Gasteiger partial charge in [-0.05, 0) is 24.6 Å². The lowest BCUT2D eigenvalue weighted by Crippen LogP contribution is -2.01. The Balaban J connectivity index is 3.33. The van der Waals surface area contributed by atoms with Gasteiger partial charge in [0.2, 0.25) is 0 Å². The Bertz CT molecular complexity index is 708. The van der Waals surface area contributed by atoms with Crippen molar-refractivity contribution in [1.29, 1.82) is 10.5 Å². The summed E-state index contributed by atoms with van der Waals surface area (Å²) in [6.07, 6.45) is 1.02. The molecule has 0 aliphatic rings. The maximum absolute atomic E-state index is 11.1. The molecule has 0 aliphatic heterocycles. The van der Waals surface area contributed by atoms with Gasteiger partial charge in [0.1, 0.15) is 22.6 Å². The van der Waals surface area contributed by atoms with E-state index in [2.05, 4.69) is 5.32 Å². The van der Waals surface area contributed by atoms with Gasteiger partial charge in [-0.15, -0.1) is 0 Å². The number of rotatable bonds is 3. The van der Waals surface area contributed by atoms with E-state index in [9.17, 15) is 13.5 Å². The van der Waals surface area contributed by atoms with Gasteiger partial charge in [-0.1, -0.05) is 0 Å². The Morgan fingerprint density at radius 2 is 1.95 bits per heavy atom. The van der Waals surface area contributed by atoms with Crippen molar-refractivity contribution in [3.8, 4) is 17.9 Å². The van der Waals surface area contributed by atoms with E-state index in [0.29, 0.717) is 5.56 Å². The highest BCUT2D eigenvalue weighted by Gasteiger charge is 2.18. The van der Waals surface area contributed by atoms with Crippen molar-refractivity contribution in [3.63, 3.8) is 0 Å². The molecular weight excluding hydrogens is 270 g/mol. The van der Waals surface area contributed by atoms with Crippen LogP contribution in [0.5, 0.6) is 5.75 Å². The largest absolute Gasteiger partial charge is 0.504 e. The SMILES string of the molecule is Cc1cc(NC=C(C#N)C#N)c(O)c(S(=O)(=O)O)c1. The molecule has 0 aliphatic carbocycles. The number of phenolic OH excluding ortho intramolecular Hbond substituents is 1. The second kappa shape index (κ2) is 5.40. The minimum atomic E-state index is -4.57. The monoisotopic (exact) mass is 279 g/mol. The molecule has 0 bridgehead atoms. The van der Waals surface area contributed by atoms with Crippen LogP contribution in [0.25, 0.3) is 0 Å². The molecule has 0 aromatic heterocycles. The molecule has 0 heterocycles. The van der Waals surface area contributed by atoms with E-state index >= 15 is 0 Å². The maximum Gasteiger partial charge on any atom is 0.298 e. The van der Waals surface area contributed by atoms with Crippen molar-refractivity contribution in [1.82, 2.24) is 0 Å². The molecule has 0 saturated carbocycles. The molecule has 7 nitrogen and oxygen atoms in total. The average Bonchev–Trinajstić information content (AvgIpc) is 2.32. The van der Waals surface area contributed by atoms with E-state index in [4.69, 9.17) is 15.1 Å². The molecule has 3 N–H and O–H groups in total. The van der Waals surface area contributed by atoms with Crippen LogP contribution in [0.3, 0.4) is 0 Å². The lowest BCUT2D eigenvalue weighted by Gasteiger charge is -2.09. The fourth-order valence-electron chi connectivity index (χ4n) is 1.29. The maximum atomic E-state index is 11.1. The third-order valence-corrected chi connectivity index (χ3v) is 2.98. The zero-order chi connectivity index (χ0) is 14.6. The average molecular weight is 279 g/mol. The number of aromatic hydroxyl groups is 1. The highest BCUT2D eigenvalue weighted by Crippen LogP contribution is 2.32. The second-order valence-corrected chi connectivity index (χ2v) is 4.95. The first-order valence-corrected chi connectivity index (χ1v) is 6.31. The van der Waals surface area contributed by atoms with Crippen LogP contribution in [0.15, 0.2) is 28.8 Å². The molecule has 8 heteroatoms. The molecule has 0 radical (unpaired) electrons. The normalized spacial score (nSPS) is 10.1. The quantitative estimate of drug-likeness (QED) is 0.431. The fraction of sp³-hybridized carbons (Fsp3) is 0.0909. The topological polar surface area (TPSA) is 134 Å². The number of phenols is 1. The zero-order valence-electron chi connectivity index (χ0n) is 9.75. The zero-order valence-corrected chi connectivity index (χ0v) is 10.6. The highest BCUT2D eigenvalue weighted by atomic mass is 32.2. The van der Waals surface area contributed by atoms with Gasteiger partial charge in [-0.2, -0.15) is 18.9 Å². The van der Waals surface area contributed by atoms with Crippen molar-refractivity contribution >= 4 is 15.8 Å². The molecule has 19 heavy (non-hydrogen) atoms. The van der Waals surface area contributed by atoms with Gasteiger partial charge in [0.15, 0.2) is 5.75 Å². The third kappa shape index (κ3) is 3.45. The lowest BCUT2D eigenvalue weighted by atomic mass is 10.2. The van der Waals surface area contributed by atoms with Gasteiger partial charge >= 0.3 is 0 Å². The van der Waals surface area contributed by atoms with Crippen LogP contribution < -0.4 is 5.32 Å². The van der Waals surface area contributed by atoms with Crippen LogP contribution >= 0.6 is 0 Å². The molecule has 1 aromatic rings. The molecule has 98 valence electrons. The lowest BCUT2D eigenvalue weighted by molar-refractivity contribution is 0.445. The number of hydrogen-bond acceptors (Lipinski definition) is 6. The van der Waals surface area contributed by atoms with Gasteiger partial charge in [-0.3, -0.25) is 4.55 Å². The first-order valence-electron chi connectivity index (χ1n) is 4.87. The summed E-state index contributed by atoms with van der Waals surface area (Å²) < 4.78 is 31.1. The predicted octanol–water partition coefficient (Wildman–Crippen LogP) is 1.29. The van der Waals surface area contributed by atoms with Crippen LogP contribution in [-0.2, 0) is 10.1 Å². The number of nitrogens with one attached hydrogen (secondary N) is 1. The van der Waals surface area contributed by atoms with E-state index in [0.717, 1.165) is 12.3 Å². The van der Waals surface area contributed by atoms with Crippen molar-refractivity contribution in [2.75, 3.05) is 5.32 Å². The number of nitrogens with zero attached hydrogens (tertiary/aromatic N) is 2. The Labute approximate surface area is 109 Å². The summed E-state index contributed by atoms with van der Waals surface area (Å²) in [6.45, 7) is 1.55. The number of benzene rings is 1. The number of hydrogen-bond donors (Lipinski definition) is 3. The third-order valence-electron chi connectivity index (χ3n) is 2.11. The molecule has 1 aromatic carbocycles. The summed E-state index contributed by atoms with van der Waals surface area (Å²) in [4.78, 5) is -0.654. The Morgan fingerprint density at radius 3 is 2.42 bits per heavy atom. The van der Waals surface area contributed by atoms with E-state index in [1.165, 1.54) is 6.07 Å². The van der Waals surface area contributed by atoms with Crippen LogP contribution in [0.1, 0.15) is 5.56 Å². The fourth-order valence-corrected chi connectivity index (χ4v) is 1.98. The summed E-state index contributed by atoms with van der Waals surface area (Å²) in [5.74, 6) is -0.695. The standard InChI is InChI=1S/C11H9N3O4S/c1-7-2-9(14-6-8(4-12)5-13)11(15)10(3-7)19(16,17)18/h2-3,6,14-15H,1H3,(H,16,17,18). The molecule has 0 unspecified atom stereocenters. The number of allylic oxidation sites excluding steroid dienone is 1. The van der Waals surface area contributed by atoms with Gasteiger partial charge in [0, 0.05) is 6.20 Å². The van der Waals surface area contributed by atoms with Crippen molar-refractivity contribution < 1.29 is 18.1 Å². The van der Waals surface area contributed by atoms with Gasteiger partial charge in [-0.25, -0.2) is 0 Å². The summed E-state index contributed by atoms with van der Waals surface area (Å²) in [6, 6.07) is 5.67. The van der Waals surface area contributed by atoms with Crippen molar-refractivity contribution in [2.45, 2.75) is 11.8 Å². The van der Waals surface area contributed by atoms with Crippen LogP contribution in [0.4, 0.5) is 5.69 Å². The molecule has 0 spiro atoms. The minimum absolute atomic E-state index is 0.0457.